The second-order valence-electron chi connectivity index (χ2n) is 3.36. The molecule has 0 bridgehead atoms. The normalized spacial score (nSPS) is 10.6. The Morgan fingerprint density at radius 1 is 1.63 bits per heavy atom. The molecule has 0 N–H and O–H groups in total. The van der Waals surface area contributed by atoms with E-state index < -0.39 is 35.1 Å². The lowest BCUT2D eigenvalue weighted by molar-refractivity contribution is -0.386. The molecule has 19 heavy (non-hydrogen) atoms. The first-order valence-corrected chi connectivity index (χ1v) is 6.21. The molecule has 0 aromatic carbocycles. The Bertz CT molecular complexity index is 511. The van der Waals surface area contributed by atoms with Gasteiger partial charge in [-0.1, -0.05) is 0 Å². The van der Waals surface area contributed by atoms with Crippen molar-refractivity contribution in [3.63, 3.8) is 0 Å². The van der Waals surface area contributed by atoms with E-state index in [0.29, 0.717) is 0 Å². The molecule has 0 atom stereocenters. The molecule has 0 aliphatic rings. The molecule has 1 rings (SSSR count). The first-order chi connectivity index (χ1) is 8.88. The lowest BCUT2D eigenvalue weighted by Crippen LogP contribution is -2.12. The molecule has 0 aliphatic carbocycles. The van der Waals surface area contributed by atoms with E-state index in [-0.39, 0.29) is 15.7 Å². The Kier molecular flexibility index (Phi) is 5.51. The predicted molar refractivity (Wildman–Crippen MR) is 68.9 cm³/mol. The fraction of sp³-hybridized carbons (Fsp3) is 0.400. The van der Waals surface area contributed by atoms with E-state index in [1.165, 1.54) is 22.6 Å². The van der Waals surface area contributed by atoms with Crippen molar-refractivity contribution in [2.45, 2.75) is 19.8 Å². The van der Waals surface area contributed by atoms with Gasteiger partial charge in [0.2, 0.25) is 0 Å². The average Bonchev–Trinajstić information content (AvgIpc) is 2.31. The van der Waals surface area contributed by atoms with Crippen LogP contribution in [0.5, 0.6) is 0 Å². The molecule has 0 radical (unpaired) electrons. The van der Waals surface area contributed by atoms with E-state index in [9.17, 15) is 23.7 Å². The summed E-state index contributed by atoms with van der Waals surface area (Å²) in [5, 5.41) is 10.8. The van der Waals surface area contributed by atoms with Gasteiger partial charge in [-0.05, 0) is 29.5 Å². The highest BCUT2D eigenvalue weighted by Gasteiger charge is 2.26. The molecule has 6 nitrogen and oxygen atoms in total. The molecule has 1 aromatic rings. The van der Waals surface area contributed by atoms with Gasteiger partial charge < -0.3 is 4.74 Å². The van der Waals surface area contributed by atoms with E-state index in [2.05, 4.69) is 9.72 Å². The number of halogens is 3. The molecule has 1 heterocycles. The zero-order chi connectivity index (χ0) is 14.6. The lowest BCUT2D eigenvalue weighted by atomic mass is 10.1. The summed E-state index contributed by atoms with van der Waals surface area (Å²) in [4.78, 5) is 24.8. The third kappa shape index (κ3) is 3.78. The summed E-state index contributed by atoms with van der Waals surface area (Å²) in [6.45, 7) is 1.68. The zero-order valence-corrected chi connectivity index (χ0v) is 11.9. The summed E-state index contributed by atoms with van der Waals surface area (Å²) in [6, 6.07) is 0. The van der Waals surface area contributed by atoms with Gasteiger partial charge in [0.1, 0.15) is 11.9 Å². The van der Waals surface area contributed by atoms with Crippen LogP contribution in [-0.2, 0) is 16.0 Å². The van der Waals surface area contributed by atoms with E-state index in [4.69, 9.17) is 0 Å². The largest absolute Gasteiger partial charge is 0.466 e. The molecule has 0 saturated heterocycles. The monoisotopic (exact) mass is 386 g/mol. The van der Waals surface area contributed by atoms with Crippen molar-refractivity contribution < 1.29 is 23.2 Å². The van der Waals surface area contributed by atoms with Crippen LogP contribution in [0.1, 0.15) is 24.6 Å². The van der Waals surface area contributed by atoms with Gasteiger partial charge in [0.05, 0.1) is 27.1 Å². The summed E-state index contributed by atoms with van der Waals surface area (Å²) < 4.78 is 29.9. The molecular weight excluding hydrogens is 377 g/mol. The second-order valence-corrected chi connectivity index (χ2v) is 4.44. The topological polar surface area (TPSA) is 82.3 Å². The minimum atomic E-state index is -2.87. The van der Waals surface area contributed by atoms with Crippen LogP contribution >= 0.6 is 22.6 Å². The van der Waals surface area contributed by atoms with Crippen LogP contribution in [0.25, 0.3) is 0 Å². The molecule has 0 fully saturated rings. The lowest BCUT2D eigenvalue weighted by Gasteiger charge is -2.09. The number of carbonyl (C=O) groups is 1. The number of nitrogens with zero attached hydrogens (tertiary/aromatic N) is 2. The Morgan fingerprint density at radius 3 is 2.74 bits per heavy atom. The van der Waals surface area contributed by atoms with E-state index >= 15 is 0 Å². The molecule has 104 valence electrons. The van der Waals surface area contributed by atoms with Crippen LogP contribution in [0.2, 0.25) is 0 Å². The van der Waals surface area contributed by atoms with Crippen molar-refractivity contribution >= 4 is 34.2 Å². The first-order valence-electron chi connectivity index (χ1n) is 5.13. The number of hydrogen-bond acceptors (Lipinski definition) is 5. The van der Waals surface area contributed by atoms with Crippen LogP contribution in [-0.4, -0.2) is 22.5 Å². The number of rotatable bonds is 5. The fourth-order valence-corrected chi connectivity index (χ4v) is 2.21. The maximum absolute atomic E-state index is 12.7. The summed E-state index contributed by atoms with van der Waals surface area (Å²) in [6.07, 6.45) is -2.57. The summed E-state index contributed by atoms with van der Waals surface area (Å²) in [7, 11) is 0. The molecular formula is C10H9F2IN2O4. The number of pyridine rings is 1. The summed E-state index contributed by atoms with van der Waals surface area (Å²) in [5.41, 5.74) is -1.15. The SMILES string of the molecule is CCOC(=O)Cc1c([N+](=O)[O-])cnc(C(F)F)c1I. The van der Waals surface area contributed by atoms with Crippen LogP contribution in [0.15, 0.2) is 6.20 Å². The minimum Gasteiger partial charge on any atom is -0.466 e. The van der Waals surface area contributed by atoms with E-state index in [0.717, 1.165) is 6.20 Å². The smallest absolute Gasteiger partial charge is 0.310 e. The van der Waals surface area contributed by atoms with Gasteiger partial charge in [-0.3, -0.25) is 14.9 Å². The number of nitro groups is 1. The first kappa shape index (κ1) is 15.7. The molecule has 0 spiro atoms. The Balaban J connectivity index is 3.26. The van der Waals surface area contributed by atoms with Gasteiger partial charge >= 0.3 is 5.97 Å². The third-order valence-electron chi connectivity index (χ3n) is 2.15. The maximum atomic E-state index is 12.7. The average molecular weight is 386 g/mol. The van der Waals surface area contributed by atoms with Crippen molar-refractivity contribution in [2.24, 2.45) is 0 Å². The van der Waals surface area contributed by atoms with Crippen LogP contribution in [0, 0.1) is 13.7 Å². The van der Waals surface area contributed by atoms with Crippen molar-refractivity contribution in [3.8, 4) is 0 Å². The van der Waals surface area contributed by atoms with Crippen molar-refractivity contribution in [3.05, 3.63) is 31.1 Å². The molecule has 1 aromatic heterocycles. The molecule has 0 saturated carbocycles. The Labute approximate surface area is 120 Å². The highest BCUT2D eigenvalue weighted by molar-refractivity contribution is 14.1. The third-order valence-corrected chi connectivity index (χ3v) is 3.36. The van der Waals surface area contributed by atoms with Gasteiger partial charge in [0, 0.05) is 0 Å². The highest BCUT2D eigenvalue weighted by atomic mass is 127. The number of hydrogen-bond donors (Lipinski definition) is 0. The van der Waals surface area contributed by atoms with Crippen LogP contribution in [0.4, 0.5) is 14.5 Å². The van der Waals surface area contributed by atoms with Crippen molar-refractivity contribution in [2.75, 3.05) is 6.61 Å². The zero-order valence-electron chi connectivity index (χ0n) is 9.73. The van der Waals surface area contributed by atoms with Crippen molar-refractivity contribution in [1.82, 2.24) is 4.98 Å². The maximum Gasteiger partial charge on any atom is 0.310 e. The molecule has 0 aliphatic heterocycles. The quantitative estimate of drug-likeness (QED) is 0.336. The molecule has 9 heteroatoms. The van der Waals surface area contributed by atoms with Crippen LogP contribution < -0.4 is 0 Å². The van der Waals surface area contributed by atoms with E-state index in [1.807, 2.05) is 0 Å². The number of carbonyl (C=O) groups excluding carboxylic acids is 1. The van der Waals surface area contributed by atoms with Gasteiger partial charge in [-0.25, -0.2) is 13.8 Å². The van der Waals surface area contributed by atoms with Gasteiger partial charge in [0.25, 0.3) is 12.1 Å². The van der Waals surface area contributed by atoms with Gasteiger partial charge in [0.15, 0.2) is 0 Å². The standard InChI is InChI=1S/C10H9F2IN2O4/c1-2-19-7(16)3-5-6(15(17)18)4-14-9(8(5)13)10(11)12/h4,10H,2-3H2,1H3. The Hall–Kier alpha value is -1.39. The number of esters is 1. The summed E-state index contributed by atoms with van der Waals surface area (Å²) >= 11 is 1.52. The fourth-order valence-electron chi connectivity index (χ4n) is 1.37. The molecule has 0 unspecified atom stereocenters. The minimum absolute atomic E-state index is 0.0881. The predicted octanol–water partition coefficient (Wildman–Crippen LogP) is 2.64. The number of aromatic nitrogens is 1. The number of ether oxygens (including phenoxy) is 1. The molecule has 0 amide bonds. The number of alkyl halides is 2. The van der Waals surface area contributed by atoms with Gasteiger partial charge in [-0.2, -0.15) is 0 Å². The Morgan fingerprint density at radius 2 is 2.26 bits per heavy atom. The van der Waals surface area contributed by atoms with Crippen LogP contribution in [0.3, 0.4) is 0 Å². The second kappa shape index (κ2) is 6.68. The van der Waals surface area contributed by atoms with E-state index in [1.54, 1.807) is 6.92 Å². The summed E-state index contributed by atoms with van der Waals surface area (Å²) in [5.74, 6) is -0.713. The van der Waals surface area contributed by atoms with Crippen molar-refractivity contribution in [1.29, 1.82) is 0 Å². The highest BCUT2D eigenvalue weighted by Crippen LogP contribution is 2.30. The van der Waals surface area contributed by atoms with Gasteiger partial charge in [-0.15, -0.1) is 0 Å².